The summed E-state index contributed by atoms with van der Waals surface area (Å²) in [5.74, 6) is -8.13. The van der Waals surface area contributed by atoms with E-state index in [-0.39, 0.29) is 13.1 Å². The molecule has 0 fully saturated rings. The van der Waals surface area contributed by atoms with Gasteiger partial charge in [0.15, 0.2) is 0 Å². The zero-order chi connectivity index (χ0) is 23.3. The van der Waals surface area contributed by atoms with Crippen LogP contribution in [0.25, 0.3) is 0 Å². The molecule has 1 aliphatic rings. The molecule has 0 N–H and O–H groups in total. The number of fused-ring (bicyclic) bond motifs is 1. The quantitative estimate of drug-likeness (QED) is 0.344. The second-order valence-electron chi connectivity index (χ2n) is 5.73. The average molecular weight is 453 g/mol. The van der Waals surface area contributed by atoms with Gasteiger partial charge in [-0.1, -0.05) is 24.3 Å². The number of nitrogens with zero attached hydrogens (tertiary/aromatic N) is 1. The summed E-state index contributed by atoms with van der Waals surface area (Å²) in [6, 6.07) is 7.52. The number of esters is 2. The second-order valence-corrected chi connectivity index (χ2v) is 5.73. The first-order valence-corrected chi connectivity index (χ1v) is 7.86. The number of ether oxygens (including phenoxy) is 1. The highest BCUT2D eigenvalue weighted by Gasteiger charge is 2.49. The molecule has 1 aliphatic heterocycles. The number of halogens is 9. The Morgan fingerprint density at radius 3 is 1.37 bits per heavy atom. The predicted molar refractivity (Wildman–Crippen MR) is 79.7 cm³/mol. The van der Waals surface area contributed by atoms with Crippen molar-refractivity contribution in [2.45, 2.75) is 31.4 Å². The van der Waals surface area contributed by atoms with Crippen molar-refractivity contribution in [1.29, 1.82) is 0 Å². The summed E-state index contributed by atoms with van der Waals surface area (Å²) >= 11 is 0. The standard InChI is InChI=1S/C12H12F3NO.C4F6O3/c13-12(14,15)11(17)16-7-5-9-3-1-2-4-10(9)6-8-16;5-3(6,7)1(11)13-2(12)4(8,9)10/h1-4H,5-8H2;. The highest BCUT2D eigenvalue weighted by atomic mass is 19.4. The monoisotopic (exact) mass is 453 g/mol. The number of alkyl halides is 9. The lowest BCUT2D eigenvalue weighted by atomic mass is 10.0. The Bertz CT molecular complexity index is 733. The predicted octanol–water partition coefficient (Wildman–Crippen LogP) is 3.36. The number of carbonyl (C=O) groups is 3. The van der Waals surface area contributed by atoms with Crippen LogP contribution in [0.2, 0.25) is 0 Å². The van der Waals surface area contributed by atoms with E-state index in [1.54, 1.807) is 0 Å². The van der Waals surface area contributed by atoms with Crippen molar-refractivity contribution in [1.82, 2.24) is 4.90 Å². The van der Waals surface area contributed by atoms with Gasteiger partial charge in [-0.25, -0.2) is 9.59 Å². The molecule has 0 radical (unpaired) electrons. The lowest BCUT2D eigenvalue weighted by Crippen LogP contribution is -2.42. The number of hydrogen-bond donors (Lipinski definition) is 0. The fraction of sp³-hybridized carbons (Fsp3) is 0.438. The zero-order valence-electron chi connectivity index (χ0n) is 14.6. The topological polar surface area (TPSA) is 63.7 Å². The van der Waals surface area contributed by atoms with Crippen molar-refractivity contribution in [3.8, 4) is 0 Å². The zero-order valence-corrected chi connectivity index (χ0v) is 14.6. The SMILES string of the molecule is O=C(N1CCc2ccccc2CC1)C(F)(F)F.O=C(OC(=O)C(F)(F)F)C(F)(F)F. The summed E-state index contributed by atoms with van der Waals surface area (Å²) < 4.78 is 107. The first-order chi connectivity index (χ1) is 13.5. The van der Waals surface area contributed by atoms with Crippen molar-refractivity contribution in [2.24, 2.45) is 0 Å². The highest BCUT2D eigenvalue weighted by Crippen LogP contribution is 2.23. The number of hydrogen-bond acceptors (Lipinski definition) is 4. The van der Waals surface area contributed by atoms with E-state index in [9.17, 15) is 53.9 Å². The maximum Gasteiger partial charge on any atom is 0.491 e. The van der Waals surface area contributed by atoms with Gasteiger partial charge in [0.25, 0.3) is 0 Å². The molecule has 0 spiro atoms. The lowest BCUT2D eigenvalue weighted by molar-refractivity contribution is -0.221. The Labute approximate surface area is 162 Å². The van der Waals surface area contributed by atoms with Crippen LogP contribution in [0.4, 0.5) is 39.5 Å². The molecule has 1 aromatic carbocycles. The third-order valence-corrected chi connectivity index (χ3v) is 3.60. The minimum absolute atomic E-state index is 0.134. The van der Waals surface area contributed by atoms with E-state index >= 15 is 0 Å². The fourth-order valence-electron chi connectivity index (χ4n) is 2.25. The van der Waals surface area contributed by atoms with E-state index in [4.69, 9.17) is 0 Å². The Balaban J connectivity index is 0.000000314. The minimum atomic E-state index is -5.62. The summed E-state index contributed by atoms with van der Waals surface area (Å²) in [6.45, 7) is 0.269. The minimum Gasteiger partial charge on any atom is -0.380 e. The average Bonchev–Trinajstić information content (AvgIpc) is 2.81. The summed E-state index contributed by atoms with van der Waals surface area (Å²) in [5.41, 5.74) is 2.06. The van der Waals surface area contributed by atoms with Crippen LogP contribution in [0.15, 0.2) is 24.3 Å². The van der Waals surface area contributed by atoms with E-state index in [0.29, 0.717) is 12.8 Å². The van der Waals surface area contributed by atoms with Gasteiger partial charge in [0, 0.05) is 13.1 Å². The largest absolute Gasteiger partial charge is 0.491 e. The smallest absolute Gasteiger partial charge is 0.380 e. The highest BCUT2D eigenvalue weighted by molar-refractivity contribution is 5.90. The van der Waals surface area contributed by atoms with Crippen molar-refractivity contribution in [2.75, 3.05) is 13.1 Å². The van der Waals surface area contributed by atoms with Crippen LogP contribution in [0.1, 0.15) is 11.1 Å². The first kappa shape index (κ1) is 25.2. The molecule has 2 rings (SSSR count). The van der Waals surface area contributed by atoms with Crippen LogP contribution in [-0.4, -0.2) is 54.4 Å². The van der Waals surface area contributed by atoms with Crippen LogP contribution in [0.3, 0.4) is 0 Å². The van der Waals surface area contributed by atoms with Crippen LogP contribution < -0.4 is 0 Å². The summed E-state index contributed by atoms with van der Waals surface area (Å²) in [4.78, 5) is 31.3. The first-order valence-electron chi connectivity index (χ1n) is 7.86. The van der Waals surface area contributed by atoms with Gasteiger partial charge in [-0.15, -0.1) is 0 Å². The number of amides is 1. The van der Waals surface area contributed by atoms with Gasteiger partial charge in [0.2, 0.25) is 0 Å². The molecule has 0 aliphatic carbocycles. The van der Waals surface area contributed by atoms with E-state index < -0.39 is 36.4 Å². The molecule has 0 saturated carbocycles. The van der Waals surface area contributed by atoms with Crippen LogP contribution in [0.5, 0.6) is 0 Å². The van der Waals surface area contributed by atoms with Crippen LogP contribution >= 0.6 is 0 Å². The molecule has 0 atom stereocenters. The molecule has 168 valence electrons. The van der Waals surface area contributed by atoms with Gasteiger partial charge in [-0.2, -0.15) is 39.5 Å². The molecule has 1 amide bonds. The number of rotatable bonds is 0. The van der Waals surface area contributed by atoms with Gasteiger partial charge in [-0.3, -0.25) is 4.79 Å². The normalized spacial score (nSPS) is 14.6. The van der Waals surface area contributed by atoms with Crippen molar-refractivity contribution in [3.05, 3.63) is 35.4 Å². The van der Waals surface area contributed by atoms with Gasteiger partial charge < -0.3 is 9.64 Å². The van der Waals surface area contributed by atoms with Crippen molar-refractivity contribution < 1.29 is 58.6 Å². The molecule has 1 aromatic rings. The van der Waals surface area contributed by atoms with E-state index in [1.165, 1.54) is 0 Å². The van der Waals surface area contributed by atoms with Crippen molar-refractivity contribution >= 4 is 17.8 Å². The van der Waals surface area contributed by atoms with Gasteiger partial charge in [0.05, 0.1) is 0 Å². The van der Waals surface area contributed by atoms with Crippen molar-refractivity contribution in [3.63, 3.8) is 0 Å². The Morgan fingerprint density at radius 1 is 0.700 bits per heavy atom. The molecule has 0 saturated heterocycles. The van der Waals surface area contributed by atoms with E-state index in [0.717, 1.165) is 16.0 Å². The molecule has 30 heavy (non-hydrogen) atoms. The van der Waals surface area contributed by atoms with Gasteiger partial charge in [0.1, 0.15) is 0 Å². The van der Waals surface area contributed by atoms with Crippen LogP contribution in [-0.2, 0) is 32.0 Å². The molecule has 5 nitrogen and oxygen atoms in total. The Morgan fingerprint density at radius 2 is 1.07 bits per heavy atom. The maximum atomic E-state index is 12.3. The maximum absolute atomic E-state index is 12.3. The van der Waals surface area contributed by atoms with Gasteiger partial charge in [-0.05, 0) is 24.0 Å². The molecule has 0 bridgehead atoms. The summed E-state index contributed by atoms with van der Waals surface area (Å²) in [6.07, 6.45) is -15.0. The number of carbonyl (C=O) groups excluding carboxylic acids is 3. The summed E-state index contributed by atoms with van der Waals surface area (Å²) in [7, 11) is 0. The fourth-order valence-corrected chi connectivity index (χ4v) is 2.25. The molecule has 0 unspecified atom stereocenters. The van der Waals surface area contributed by atoms with E-state index in [1.807, 2.05) is 24.3 Å². The summed E-state index contributed by atoms with van der Waals surface area (Å²) in [5, 5.41) is 0. The molecule has 1 heterocycles. The van der Waals surface area contributed by atoms with Crippen LogP contribution in [0, 0.1) is 0 Å². The number of benzene rings is 1. The van der Waals surface area contributed by atoms with E-state index in [2.05, 4.69) is 4.74 Å². The van der Waals surface area contributed by atoms with Gasteiger partial charge >= 0.3 is 36.4 Å². The molecule has 14 heteroatoms. The molecular formula is C16H12F9NO4. The molecular weight excluding hydrogens is 441 g/mol. The third kappa shape index (κ3) is 7.55. The Kier molecular flexibility index (Phi) is 7.86. The third-order valence-electron chi connectivity index (χ3n) is 3.60. The second kappa shape index (κ2) is 9.34. The molecule has 0 aromatic heterocycles. The lowest BCUT2D eigenvalue weighted by Gasteiger charge is -2.21. The Hall–Kier alpha value is -2.80.